The third kappa shape index (κ3) is 5.41. The second kappa shape index (κ2) is 9.62. The Hall–Kier alpha value is -3.75. The second-order valence-electron chi connectivity index (χ2n) is 8.00. The summed E-state index contributed by atoms with van der Waals surface area (Å²) in [5.41, 5.74) is 2.17. The van der Waals surface area contributed by atoms with E-state index >= 15 is 0 Å². The number of rotatable bonds is 7. The van der Waals surface area contributed by atoms with Crippen molar-refractivity contribution in [2.75, 3.05) is 0 Å². The van der Waals surface area contributed by atoms with E-state index in [1.165, 1.54) is 24.3 Å². The number of fused-ring (bicyclic) bond motifs is 1. The molecule has 174 valence electrons. The van der Waals surface area contributed by atoms with Crippen LogP contribution in [0.25, 0.3) is 11.0 Å². The summed E-state index contributed by atoms with van der Waals surface area (Å²) in [7, 11) is -3.99. The molecule has 4 aromatic rings. The smallest absolute Gasteiger partial charge is 0.336 e. The molecule has 0 bridgehead atoms. The first-order valence-electron chi connectivity index (χ1n) is 10.6. The molecule has 0 saturated carbocycles. The lowest BCUT2D eigenvalue weighted by Gasteiger charge is -2.18. The first kappa shape index (κ1) is 23.4. The van der Waals surface area contributed by atoms with Crippen LogP contribution in [0.5, 0.6) is 5.75 Å². The van der Waals surface area contributed by atoms with Crippen molar-refractivity contribution in [3.05, 3.63) is 106 Å². The zero-order valence-electron chi connectivity index (χ0n) is 18.6. The molecule has 7 nitrogen and oxygen atoms in total. The molecule has 0 radical (unpaired) electrons. The summed E-state index contributed by atoms with van der Waals surface area (Å²) in [6, 6.07) is 20.3. The van der Waals surface area contributed by atoms with Crippen LogP contribution in [0, 0.1) is 13.8 Å². The summed E-state index contributed by atoms with van der Waals surface area (Å²) in [5, 5.41) is 0.709. The molecule has 4 rings (SSSR count). The molecular weight excluding hydrogens is 454 g/mol. The summed E-state index contributed by atoms with van der Waals surface area (Å²) >= 11 is 0. The molecule has 0 amide bonds. The maximum absolute atomic E-state index is 13.1. The fourth-order valence-electron chi connectivity index (χ4n) is 3.55. The largest absolute Gasteiger partial charge is 0.425 e. The first-order chi connectivity index (χ1) is 16.2. The Morgan fingerprint density at radius 2 is 1.68 bits per heavy atom. The van der Waals surface area contributed by atoms with Crippen LogP contribution in [-0.4, -0.2) is 20.4 Å². The van der Waals surface area contributed by atoms with Gasteiger partial charge in [0, 0.05) is 17.5 Å². The van der Waals surface area contributed by atoms with Gasteiger partial charge >= 0.3 is 11.6 Å². The van der Waals surface area contributed by atoms with Crippen LogP contribution in [0.1, 0.15) is 16.7 Å². The molecule has 0 aliphatic carbocycles. The molecule has 0 fully saturated rings. The number of ether oxygens (including phenoxy) is 1. The zero-order valence-corrected chi connectivity index (χ0v) is 19.5. The second-order valence-corrected chi connectivity index (χ2v) is 9.72. The van der Waals surface area contributed by atoms with E-state index in [-0.39, 0.29) is 22.6 Å². The number of benzene rings is 3. The lowest BCUT2D eigenvalue weighted by atomic mass is 10.1. The van der Waals surface area contributed by atoms with E-state index in [0.29, 0.717) is 5.39 Å². The third-order valence-electron chi connectivity index (χ3n) is 5.34. The fourth-order valence-corrected chi connectivity index (χ4v) is 4.74. The highest BCUT2D eigenvalue weighted by Crippen LogP contribution is 2.23. The maximum atomic E-state index is 13.1. The Labute approximate surface area is 197 Å². The SMILES string of the molecule is Cc1ccc(S(=O)(=O)N[C@@H](Cc2ccccc2)C(=O)Oc2ccc3c(C)cc(=O)oc3c2)cc1. The van der Waals surface area contributed by atoms with E-state index in [9.17, 15) is 18.0 Å². The quantitative estimate of drug-likeness (QED) is 0.246. The highest BCUT2D eigenvalue weighted by Gasteiger charge is 2.28. The van der Waals surface area contributed by atoms with Crippen molar-refractivity contribution in [1.29, 1.82) is 0 Å². The van der Waals surface area contributed by atoms with Gasteiger partial charge in [-0.2, -0.15) is 4.72 Å². The van der Waals surface area contributed by atoms with Crippen molar-refractivity contribution >= 4 is 27.0 Å². The zero-order chi connectivity index (χ0) is 24.3. The van der Waals surface area contributed by atoms with E-state index < -0.39 is 27.7 Å². The van der Waals surface area contributed by atoms with Gasteiger partial charge in [-0.1, -0.05) is 48.0 Å². The number of hydrogen-bond acceptors (Lipinski definition) is 6. The summed E-state index contributed by atoms with van der Waals surface area (Å²) in [5.74, 6) is -0.646. The number of carbonyl (C=O) groups excluding carboxylic acids is 1. The number of carbonyl (C=O) groups is 1. The summed E-state index contributed by atoms with van der Waals surface area (Å²) in [6.45, 7) is 3.63. The Morgan fingerprint density at radius 3 is 2.38 bits per heavy atom. The lowest BCUT2D eigenvalue weighted by Crippen LogP contribution is -2.44. The van der Waals surface area contributed by atoms with E-state index in [4.69, 9.17) is 9.15 Å². The average molecular weight is 478 g/mol. The van der Waals surface area contributed by atoms with E-state index in [1.54, 1.807) is 55.5 Å². The van der Waals surface area contributed by atoms with E-state index in [0.717, 1.165) is 16.7 Å². The van der Waals surface area contributed by atoms with Crippen molar-refractivity contribution < 1.29 is 22.4 Å². The molecule has 1 aromatic heterocycles. The normalized spacial score (nSPS) is 12.4. The molecule has 0 aliphatic heterocycles. The van der Waals surface area contributed by atoms with Gasteiger partial charge < -0.3 is 9.15 Å². The highest BCUT2D eigenvalue weighted by atomic mass is 32.2. The third-order valence-corrected chi connectivity index (χ3v) is 6.82. The predicted octanol–water partition coefficient (Wildman–Crippen LogP) is 3.91. The van der Waals surface area contributed by atoms with Gasteiger partial charge in [0.2, 0.25) is 10.0 Å². The molecule has 1 heterocycles. The lowest BCUT2D eigenvalue weighted by molar-refractivity contribution is -0.136. The minimum absolute atomic E-state index is 0.0481. The van der Waals surface area contributed by atoms with Crippen LogP contribution in [-0.2, 0) is 21.2 Å². The Bertz CT molecular complexity index is 1490. The van der Waals surface area contributed by atoms with Gasteiger partial charge in [-0.3, -0.25) is 0 Å². The Morgan fingerprint density at radius 1 is 0.971 bits per heavy atom. The number of hydrogen-bond donors (Lipinski definition) is 1. The van der Waals surface area contributed by atoms with Gasteiger partial charge in [0.05, 0.1) is 4.90 Å². The summed E-state index contributed by atoms with van der Waals surface area (Å²) in [4.78, 5) is 24.9. The van der Waals surface area contributed by atoms with E-state index in [1.807, 2.05) is 13.0 Å². The number of aryl methyl sites for hydroxylation is 2. The first-order valence-corrected chi connectivity index (χ1v) is 12.1. The summed E-state index contributed by atoms with van der Waals surface area (Å²) < 4.78 is 39.2. The van der Waals surface area contributed by atoms with Crippen LogP contribution >= 0.6 is 0 Å². The summed E-state index contributed by atoms with van der Waals surface area (Å²) in [6.07, 6.45) is 0.0898. The van der Waals surface area contributed by atoms with Crippen LogP contribution in [0.15, 0.2) is 93.0 Å². The molecule has 0 aliphatic rings. The van der Waals surface area contributed by atoms with Crippen LogP contribution in [0.2, 0.25) is 0 Å². The topological polar surface area (TPSA) is 103 Å². The molecule has 8 heteroatoms. The molecule has 1 atom stereocenters. The minimum Gasteiger partial charge on any atom is -0.425 e. The average Bonchev–Trinajstić information content (AvgIpc) is 2.79. The standard InChI is InChI=1S/C26H23NO6S/c1-17-8-11-21(12-9-17)34(30,31)27-23(15-19-6-4-3-5-7-19)26(29)32-20-10-13-22-18(2)14-25(28)33-24(22)16-20/h3-14,16,23,27H,15H2,1-2H3/t23-/m0/s1. The van der Waals surface area contributed by atoms with Crippen LogP contribution < -0.4 is 15.1 Å². The van der Waals surface area contributed by atoms with Crippen LogP contribution in [0.4, 0.5) is 0 Å². The van der Waals surface area contributed by atoms with Crippen molar-refractivity contribution in [2.24, 2.45) is 0 Å². The van der Waals surface area contributed by atoms with Gasteiger partial charge in [-0.25, -0.2) is 18.0 Å². The number of nitrogens with one attached hydrogen (secondary N) is 1. The van der Waals surface area contributed by atoms with Gasteiger partial charge in [0.15, 0.2) is 0 Å². The van der Waals surface area contributed by atoms with Crippen LogP contribution in [0.3, 0.4) is 0 Å². The number of esters is 1. The highest BCUT2D eigenvalue weighted by molar-refractivity contribution is 7.89. The van der Waals surface area contributed by atoms with Gasteiger partial charge in [0.25, 0.3) is 0 Å². The molecule has 0 unspecified atom stereocenters. The Kier molecular flexibility index (Phi) is 6.63. The molecule has 34 heavy (non-hydrogen) atoms. The van der Waals surface area contributed by atoms with Crippen molar-refractivity contribution in [2.45, 2.75) is 31.2 Å². The monoisotopic (exact) mass is 477 g/mol. The van der Waals surface area contributed by atoms with Gasteiger partial charge in [-0.15, -0.1) is 0 Å². The van der Waals surface area contributed by atoms with Gasteiger partial charge in [0.1, 0.15) is 17.4 Å². The molecular formula is C26H23NO6S. The molecule has 0 spiro atoms. The molecule has 0 saturated heterocycles. The molecule has 3 aromatic carbocycles. The fraction of sp³-hybridized carbons (Fsp3) is 0.154. The predicted molar refractivity (Wildman–Crippen MR) is 128 cm³/mol. The molecule has 1 N–H and O–H groups in total. The number of sulfonamides is 1. The van der Waals surface area contributed by atoms with Gasteiger partial charge in [-0.05, 0) is 55.7 Å². The van der Waals surface area contributed by atoms with Crippen molar-refractivity contribution in [1.82, 2.24) is 4.72 Å². The van der Waals surface area contributed by atoms with Crippen molar-refractivity contribution in [3.8, 4) is 5.75 Å². The maximum Gasteiger partial charge on any atom is 0.336 e. The van der Waals surface area contributed by atoms with Crippen molar-refractivity contribution in [3.63, 3.8) is 0 Å². The van der Waals surface area contributed by atoms with E-state index in [2.05, 4.69) is 4.72 Å². The Balaban J connectivity index is 1.63. The minimum atomic E-state index is -3.99.